The van der Waals surface area contributed by atoms with Crippen LogP contribution in [0, 0.1) is 24.1 Å². The second-order valence-corrected chi connectivity index (χ2v) is 3.63. The Morgan fingerprint density at radius 2 is 2.12 bits per heavy atom. The van der Waals surface area contributed by atoms with E-state index in [2.05, 4.69) is 10.3 Å². The number of nitrogens with one attached hydrogen (secondary N) is 1. The Balaban J connectivity index is 2.20. The molecule has 4 heteroatoms. The van der Waals surface area contributed by atoms with E-state index in [1.54, 1.807) is 31.2 Å². The molecular weight excluding hydrogens is 217 g/mol. The van der Waals surface area contributed by atoms with Crippen molar-refractivity contribution in [3.8, 4) is 6.07 Å². The maximum absolute atomic E-state index is 13.1. The minimum Gasteiger partial charge on any atom is -0.340 e. The minimum atomic E-state index is -0.233. The highest BCUT2D eigenvalue weighted by molar-refractivity contribution is 5.57. The Morgan fingerprint density at radius 1 is 1.29 bits per heavy atom. The lowest BCUT2D eigenvalue weighted by Gasteiger charge is -2.06. The van der Waals surface area contributed by atoms with Crippen LogP contribution in [-0.2, 0) is 0 Å². The predicted octanol–water partition coefficient (Wildman–Crippen LogP) is 3.14. The fraction of sp³-hybridized carbons (Fsp3) is 0.0769. The maximum atomic E-state index is 13.1. The quantitative estimate of drug-likeness (QED) is 0.857. The van der Waals surface area contributed by atoms with Gasteiger partial charge in [0.1, 0.15) is 17.7 Å². The standard InChI is InChI=1S/C13H10FN3/c1-9-6-11(3-4-12(9)14)17-13-5-2-10(7-15)8-16-13/h2-6,8H,1H3,(H,16,17). The summed E-state index contributed by atoms with van der Waals surface area (Å²) in [7, 11) is 0. The van der Waals surface area contributed by atoms with Crippen LogP contribution in [0.2, 0.25) is 0 Å². The van der Waals surface area contributed by atoms with Crippen LogP contribution in [0.1, 0.15) is 11.1 Å². The molecule has 0 radical (unpaired) electrons. The van der Waals surface area contributed by atoms with Gasteiger partial charge in [-0.2, -0.15) is 5.26 Å². The van der Waals surface area contributed by atoms with E-state index in [0.717, 1.165) is 5.69 Å². The number of nitrogens with zero attached hydrogens (tertiary/aromatic N) is 2. The highest BCUT2D eigenvalue weighted by atomic mass is 19.1. The molecule has 0 aliphatic heterocycles. The summed E-state index contributed by atoms with van der Waals surface area (Å²) in [5.74, 6) is 0.387. The van der Waals surface area contributed by atoms with Crippen LogP contribution in [0.15, 0.2) is 36.5 Å². The summed E-state index contributed by atoms with van der Waals surface area (Å²) in [6.07, 6.45) is 1.48. The van der Waals surface area contributed by atoms with Gasteiger partial charge in [0.25, 0.3) is 0 Å². The molecule has 0 saturated heterocycles. The normalized spacial score (nSPS) is 9.71. The summed E-state index contributed by atoms with van der Waals surface area (Å²) in [6, 6.07) is 10.1. The van der Waals surface area contributed by atoms with Crippen LogP contribution < -0.4 is 5.32 Å². The SMILES string of the molecule is Cc1cc(Nc2ccc(C#N)cn2)ccc1F. The van der Waals surface area contributed by atoms with E-state index < -0.39 is 0 Å². The third-order valence-corrected chi connectivity index (χ3v) is 2.32. The van der Waals surface area contributed by atoms with Crippen LogP contribution in [-0.4, -0.2) is 4.98 Å². The highest BCUT2D eigenvalue weighted by Crippen LogP contribution is 2.17. The second kappa shape index (κ2) is 4.62. The highest BCUT2D eigenvalue weighted by Gasteiger charge is 2.00. The van der Waals surface area contributed by atoms with Crippen molar-refractivity contribution in [3.05, 3.63) is 53.5 Å². The van der Waals surface area contributed by atoms with E-state index in [1.807, 2.05) is 6.07 Å². The molecule has 1 aromatic carbocycles. The van der Waals surface area contributed by atoms with Crippen molar-refractivity contribution in [1.29, 1.82) is 5.26 Å². The Labute approximate surface area is 98.5 Å². The topological polar surface area (TPSA) is 48.7 Å². The number of nitriles is 1. The second-order valence-electron chi connectivity index (χ2n) is 3.63. The third-order valence-electron chi connectivity index (χ3n) is 2.32. The van der Waals surface area contributed by atoms with Gasteiger partial charge >= 0.3 is 0 Å². The molecule has 0 atom stereocenters. The maximum Gasteiger partial charge on any atom is 0.130 e. The summed E-state index contributed by atoms with van der Waals surface area (Å²) < 4.78 is 13.1. The number of anilines is 2. The van der Waals surface area contributed by atoms with Crippen molar-refractivity contribution in [2.24, 2.45) is 0 Å². The fourth-order valence-electron chi connectivity index (χ4n) is 1.40. The van der Waals surface area contributed by atoms with Crippen LogP contribution in [0.4, 0.5) is 15.9 Å². The molecule has 0 saturated carbocycles. The molecular formula is C13H10FN3. The van der Waals surface area contributed by atoms with Crippen molar-refractivity contribution in [2.45, 2.75) is 6.92 Å². The Morgan fingerprint density at radius 3 is 2.71 bits per heavy atom. The van der Waals surface area contributed by atoms with E-state index in [0.29, 0.717) is 16.9 Å². The predicted molar refractivity (Wildman–Crippen MR) is 63.4 cm³/mol. The van der Waals surface area contributed by atoms with Gasteiger partial charge in [-0.25, -0.2) is 9.37 Å². The molecule has 3 nitrogen and oxygen atoms in total. The largest absolute Gasteiger partial charge is 0.340 e. The van der Waals surface area contributed by atoms with Gasteiger partial charge < -0.3 is 5.32 Å². The Bertz CT molecular complexity index is 570. The van der Waals surface area contributed by atoms with Crippen molar-refractivity contribution in [3.63, 3.8) is 0 Å². The first-order chi connectivity index (χ1) is 8.19. The van der Waals surface area contributed by atoms with Crippen LogP contribution in [0.25, 0.3) is 0 Å². The monoisotopic (exact) mass is 227 g/mol. The number of aryl methyl sites for hydroxylation is 1. The average Bonchev–Trinajstić information content (AvgIpc) is 2.35. The fourth-order valence-corrected chi connectivity index (χ4v) is 1.40. The summed E-state index contributed by atoms with van der Waals surface area (Å²) >= 11 is 0. The lowest BCUT2D eigenvalue weighted by molar-refractivity contribution is 0.619. The zero-order valence-electron chi connectivity index (χ0n) is 9.24. The summed E-state index contributed by atoms with van der Waals surface area (Å²) in [6.45, 7) is 1.70. The van der Waals surface area contributed by atoms with Crippen LogP contribution in [0.5, 0.6) is 0 Å². The molecule has 0 spiro atoms. The van der Waals surface area contributed by atoms with E-state index >= 15 is 0 Å². The van der Waals surface area contributed by atoms with Gasteiger partial charge in [0, 0.05) is 11.9 Å². The van der Waals surface area contributed by atoms with Gasteiger partial charge in [0.05, 0.1) is 5.56 Å². The molecule has 84 valence electrons. The number of hydrogen-bond donors (Lipinski definition) is 1. The first kappa shape index (κ1) is 11.1. The third kappa shape index (κ3) is 2.58. The molecule has 0 bridgehead atoms. The van der Waals surface area contributed by atoms with E-state index in [-0.39, 0.29) is 5.82 Å². The molecule has 1 heterocycles. The zero-order valence-corrected chi connectivity index (χ0v) is 9.24. The molecule has 17 heavy (non-hydrogen) atoms. The molecule has 0 amide bonds. The van der Waals surface area contributed by atoms with E-state index in [9.17, 15) is 4.39 Å². The van der Waals surface area contributed by atoms with Crippen molar-refractivity contribution < 1.29 is 4.39 Å². The molecule has 0 aliphatic carbocycles. The van der Waals surface area contributed by atoms with E-state index in [1.165, 1.54) is 12.3 Å². The minimum absolute atomic E-state index is 0.233. The van der Waals surface area contributed by atoms with Gasteiger partial charge in [0.15, 0.2) is 0 Å². The molecule has 0 aliphatic rings. The summed E-state index contributed by atoms with van der Waals surface area (Å²) in [5, 5.41) is 11.7. The number of halogens is 1. The van der Waals surface area contributed by atoms with Gasteiger partial charge in [-0.1, -0.05) is 0 Å². The first-order valence-corrected chi connectivity index (χ1v) is 5.08. The molecule has 1 aromatic heterocycles. The van der Waals surface area contributed by atoms with Crippen LogP contribution >= 0.6 is 0 Å². The molecule has 1 N–H and O–H groups in total. The Hall–Kier alpha value is -2.41. The molecule has 0 unspecified atom stereocenters. The average molecular weight is 227 g/mol. The van der Waals surface area contributed by atoms with Crippen molar-refractivity contribution in [1.82, 2.24) is 4.98 Å². The number of rotatable bonds is 2. The number of pyridine rings is 1. The number of hydrogen-bond acceptors (Lipinski definition) is 3. The van der Waals surface area contributed by atoms with Crippen molar-refractivity contribution in [2.75, 3.05) is 5.32 Å². The van der Waals surface area contributed by atoms with E-state index in [4.69, 9.17) is 5.26 Å². The lowest BCUT2D eigenvalue weighted by atomic mass is 10.2. The first-order valence-electron chi connectivity index (χ1n) is 5.08. The molecule has 2 aromatic rings. The smallest absolute Gasteiger partial charge is 0.130 e. The molecule has 2 rings (SSSR count). The summed E-state index contributed by atoms with van der Waals surface area (Å²) in [4.78, 5) is 4.07. The molecule has 0 fully saturated rings. The van der Waals surface area contributed by atoms with Gasteiger partial charge in [-0.05, 0) is 42.8 Å². The van der Waals surface area contributed by atoms with Gasteiger partial charge in [0.2, 0.25) is 0 Å². The number of benzene rings is 1. The Kier molecular flexibility index (Phi) is 3.01. The zero-order chi connectivity index (χ0) is 12.3. The van der Waals surface area contributed by atoms with Crippen molar-refractivity contribution >= 4 is 11.5 Å². The van der Waals surface area contributed by atoms with Gasteiger partial charge in [-0.3, -0.25) is 0 Å². The van der Waals surface area contributed by atoms with Gasteiger partial charge in [-0.15, -0.1) is 0 Å². The summed E-state index contributed by atoms with van der Waals surface area (Å²) in [5.41, 5.74) is 1.84. The lowest BCUT2D eigenvalue weighted by Crippen LogP contribution is -1.94. The number of aromatic nitrogens is 1. The van der Waals surface area contributed by atoms with Crippen LogP contribution in [0.3, 0.4) is 0 Å².